The highest BCUT2D eigenvalue weighted by molar-refractivity contribution is 5.92. The van der Waals surface area contributed by atoms with Gasteiger partial charge in [-0.1, -0.05) is 13.8 Å². The molecule has 0 aromatic heterocycles. The fraction of sp³-hybridized carbons (Fsp3) is 0.800. The van der Waals surface area contributed by atoms with Gasteiger partial charge in [-0.05, 0) is 57.4 Å². The van der Waals surface area contributed by atoms with Crippen LogP contribution in [-0.4, -0.2) is 95.2 Å². The van der Waals surface area contributed by atoms with E-state index in [0.717, 1.165) is 0 Å². The number of unbranched alkanes of at least 4 members (excludes halogenated alkanes) is 1. The summed E-state index contributed by atoms with van der Waals surface area (Å²) in [7, 11) is 1.49. The van der Waals surface area contributed by atoms with Crippen molar-refractivity contribution in [2.75, 3.05) is 20.2 Å². The van der Waals surface area contributed by atoms with Gasteiger partial charge >= 0.3 is 11.9 Å². The maximum atomic E-state index is 13.5. The normalized spacial score (nSPS) is 19.9. The number of nitrogens with two attached hydrogens (primary N) is 2. The van der Waals surface area contributed by atoms with Gasteiger partial charge in [-0.25, -0.2) is 4.79 Å². The molecule has 0 spiro atoms. The Hall–Kier alpha value is -2.77. The number of carbonyl (C=O) groups is 5. The van der Waals surface area contributed by atoms with E-state index in [1.54, 1.807) is 0 Å². The fourth-order valence-electron chi connectivity index (χ4n) is 4.68. The van der Waals surface area contributed by atoms with E-state index in [1.807, 2.05) is 13.8 Å². The van der Waals surface area contributed by atoms with Crippen LogP contribution in [0.4, 0.5) is 0 Å². The topological polar surface area (TPSA) is 214 Å². The number of nitrogens with one attached hydrogen (secondary N) is 2. The molecule has 1 aliphatic rings. The fourth-order valence-corrected chi connectivity index (χ4v) is 4.68. The SMILES string of the molecule is CO[C@@H]1CCCN(C(=O)[C@H](CC(=O)O)NC(=O)[C@@H](N)CC(C)C)[C@@H]1CCC(=O)N[C@@H](CCCCN)C(=O)O. The molecule has 3 amide bonds. The maximum absolute atomic E-state index is 13.5. The van der Waals surface area contributed by atoms with Crippen molar-refractivity contribution < 1.29 is 38.9 Å². The van der Waals surface area contributed by atoms with Crippen LogP contribution in [0.25, 0.3) is 0 Å². The molecule has 0 aliphatic carbocycles. The predicted octanol–water partition coefficient (Wildman–Crippen LogP) is -0.196. The second kappa shape index (κ2) is 16.9. The first-order valence-electron chi connectivity index (χ1n) is 13.2. The molecule has 1 rings (SSSR count). The minimum atomic E-state index is -1.33. The molecule has 1 heterocycles. The average molecular weight is 544 g/mol. The Kier molecular flexibility index (Phi) is 14.8. The molecule has 0 bridgehead atoms. The van der Waals surface area contributed by atoms with E-state index in [2.05, 4.69) is 10.6 Å². The highest BCUT2D eigenvalue weighted by atomic mass is 16.5. The van der Waals surface area contributed by atoms with E-state index in [1.165, 1.54) is 12.0 Å². The quantitative estimate of drug-likeness (QED) is 0.133. The van der Waals surface area contributed by atoms with Crippen molar-refractivity contribution in [1.29, 1.82) is 0 Å². The van der Waals surface area contributed by atoms with Crippen LogP contribution in [0, 0.1) is 5.92 Å². The van der Waals surface area contributed by atoms with Crippen LogP contribution < -0.4 is 22.1 Å². The van der Waals surface area contributed by atoms with Crippen molar-refractivity contribution in [2.45, 2.75) is 102 Å². The van der Waals surface area contributed by atoms with E-state index in [9.17, 15) is 34.2 Å². The molecule has 13 heteroatoms. The Bertz CT molecular complexity index is 809. The lowest BCUT2D eigenvalue weighted by molar-refractivity contribution is -0.149. The standard InChI is InChI=1S/C25H45N5O8/c1-15(2)13-16(27)23(34)29-18(14-22(32)33)24(35)30-12-6-8-20(38-3)19(30)9-10-21(31)28-17(25(36)37)7-4-5-11-26/h15-20H,4-14,26-27H2,1-3H3,(H,28,31)(H,29,34)(H,32,33)(H,36,37)/t16-,17-,18-,19+,20+/m0/s1. The van der Waals surface area contributed by atoms with Crippen molar-refractivity contribution in [3.63, 3.8) is 0 Å². The Balaban J connectivity index is 2.98. The van der Waals surface area contributed by atoms with Gasteiger partial charge in [-0.3, -0.25) is 19.2 Å². The summed E-state index contributed by atoms with van der Waals surface area (Å²) in [5.74, 6) is -3.94. The first kappa shape index (κ1) is 33.3. The van der Waals surface area contributed by atoms with Crippen LogP contribution in [-0.2, 0) is 28.7 Å². The van der Waals surface area contributed by atoms with Gasteiger partial charge in [0.2, 0.25) is 17.7 Å². The molecule has 1 fully saturated rings. The number of carboxylic acids is 2. The minimum absolute atomic E-state index is 0.0653. The zero-order valence-electron chi connectivity index (χ0n) is 22.7. The lowest BCUT2D eigenvalue weighted by Crippen LogP contribution is -2.59. The van der Waals surface area contributed by atoms with Crippen LogP contribution in [0.2, 0.25) is 0 Å². The third kappa shape index (κ3) is 11.3. The molecule has 8 N–H and O–H groups in total. The molecule has 0 aromatic rings. The molecule has 13 nitrogen and oxygen atoms in total. The number of carboxylic acid groups (broad SMARTS) is 2. The molecular weight excluding hydrogens is 498 g/mol. The summed E-state index contributed by atoms with van der Waals surface area (Å²) < 4.78 is 5.57. The third-order valence-corrected chi connectivity index (χ3v) is 6.61. The van der Waals surface area contributed by atoms with Gasteiger partial charge in [0.15, 0.2) is 0 Å². The molecule has 218 valence electrons. The first-order chi connectivity index (χ1) is 17.9. The third-order valence-electron chi connectivity index (χ3n) is 6.61. The Morgan fingerprint density at radius 3 is 2.32 bits per heavy atom. The molecule has 0 radical (unpaired) electrons. The minimum Gasteiger partial charge on any atom is -0.481 e. The number of aliphatic carboxylic acids is 2. The second-order valence-corrected chi connectivity index (χ2v) is 10.2. The Morgan fingerprint density at radius 1 is 1.08 bits per heavy atom. The van der Waals surface area contributed by atoms with Crippen molar-refractivity contribution in [3.8, 4) is 0 Å². The number of methoxy groups -OCH3 is 1. The van der Waals surface area contributed by atoms with Crippen LogP contribution in [0.1, 0.15) is 71.6 Å². The lowest BCUT2D eigenvalue weighted by Gasteiger charge is -2.42. The van der Waals surface area contributed by atoms with Crippen molar-refractivity contribution >= 4 is 29.7 Å². The van der Waals surface area contributed by atoms with Gasteiger partial charge in [0.05, 0.1) is 24.6 Å². The average Bonchev–Trinajstić information content (AvgIpc) is 2.84. The zero-order chi connectivity index (χ0) is 28.8. The number of ether oxygens (including phenoxy) is 1. The highest BCUT2D eigenvalue weighted by Crippen LogP contribution is 2.25. The zero-order valence-corrected chi connectivity index (χ0v) is 22.7. The number of nitrogens with zero attached hydrogens (tertiary/aromatic N) is 1. The molecule has 1 saturated heterocycles. The number of hydrogen-bond acceptors (Lipinski definition) is 8. The smallest absolute Gasteiger partial charge is 0.326 e. The van der Waals surface area contributed by atoms with E-state index in [4.69, 9.17) is 16.2 Å². The van der Waals surface area contributed by atoms with E-state index >= 15 is 0 Å². The molecule has 0 unspecified atom stereocenters. The van der Waals surface area contributed by atoms with Gasteiger partial charge in [-0.15, -0.1) is 0 Å². The van der Waals surface area contributed by atoms with Gasteiger partial charge in [0, 0.05) is 20.1 Å². The van der Waals surface area contributed by atoms with Gasteiger partial charge < -0.3 is 42.0 Å². The van der Waals surface area contributed by atoms with Crippen LogP contribution in [0.15, 0.2) is 0 Å². The number of rotatable bonds is 17. The Morgan fingerprint density at radius 2 is 1.76 bits per heavy atom. The Labute approximate surface area is 224 Å². The molecule has 0 saturated carbocycles. The number of carbonyl (C=O) groups excluding carboxylic acids is 3. The number of likely N-dealkylation sites (tertiary alicyclic amines) is 1. The molecular formula is C25H45N5O8. The van der Waals surface area contributed by atoms with E-state index in [0.29, 0.717) is 45.2 Å². The molecule has 38 heavy (non-hydrogen) atoms. The summed E-state index contributed by atoms with van der Waals surface area (Å²) in [5, 5.41) is 23.8. The van der Waals surface area contributed by atoms with Crippen LogP contribution >= 0.6 is 0 Å². The molecule has 0 aromatic carbocycles. The first-order valence-corrected chi connectivity index (χ1v) is 13.2. The van der Waals surface area contributed by atoms with Gasteiger partial charge in [0.25, 0.3) is 0 Å². The van der Waals surface area contributed by atoms with Crippen molar-refractivity contribution in [2.24, 2.45) is 17.4 Å². The highest BCUT2D eigenvalue weighted by Gasteiger charge is 2.39. The summed E-state index contributed by atoms with van der Waals surface area (Å²) in [6, 6.07) is -3.82. The predicted molar refractivity (Wildman–Crippen MR) is 139 cm³/mol. The van der Waals surface area contributed by atoms with Gasteiger partial charge in [0.1, 0.15) is 12.1 Å². The second-order valence-electron chi connectivity index (χ2n) is 10.2. The van der Waals surface area contributed by atoms with E-state index < -0.39 is 66.4 Å². The largest absolute Gasteiger partial charge is 0.481 e. The van der Waals surface area contributed by atoms with Crippen molar-refractivity contribution in [3.05, 3.63) is 0 Å². The lowest BCUT2D eigenvalue weighted by atomic mass is 9.93. The summed E-state index contributed by atoms with van der Waals surface area (Å²) >= 11 is 0. The summed E-state index contributed by atoms with van der Waals surface area (Å²) in [5.41, 5.74) is 11.4. The molecule has 1 aliphatic heterocycles. The summed E-state index contributed by atoms with van der Waals surface area (Å²) in [6.07, 6.45) is 2.12. The monoisotopic (exact) mass is 543 g/mol. The van der Waals surface area contributed by atoms with Crippen LogP contribution in [0.5, 0.6) is 0 Å². The maximum Gasteiger partial charge on any atom is 0.326 e. The summed E-state index contributed by atoms with van der Waals surface area (Å²) in [6.45, 7) is 4.51. The number of piperidine rings is 1. The number of amides is 3. The number of hydrogen-bond donors (Lipinski definition) is 6. The molecule has 5 atom stereocenters. The van der Waals surface area contributed by atoms with Crippen LogP contribution in [0.3, 0.4) is 0 Å². The van der Waals surface area contributed by atoms with E-state index in [-0.39, 0.29) is 25.2 Å². The summed E-state index contributed by atoms with van der Waals surface area (Å²) in [4.78, 5) is 63.2. The van der Waals surface area contributed by atoms with Gasteiger partial charge in [-0.2, -0.15) is 0 Å². The van der Waals surface area contributed by atoms with Crippen molar-refractivity contribution in [1.82, 2.24) is 15.5 Å².